The second-order valence-corrected chi connectivity index (χ2v) is 10.3. The summed E-state index contributed by atoms with van der Waals surface area (Å²) in [4.78, 5) is 55.1. The van der Waals surface area contributed by atoms with Gasteiger partial charge in [-0.15, -0.1) is 0 Å². The van der Waals surface area contributed by atoms with Gasteiger partial charge in [-0.1, -0.05) is 22.9 Å². The molecule has 0 amide bonds. The second kappa shape index (κ2) is 11.9. The Labute approximate surface area is 248 Å². The number of ether oxygens (including phenoxy) is 1. The molecule has 0 aliphatic carbocycles. The maximum absolute atomic E-state index is 13.9. The van der Waals surface area contributed by atoms with Gasteiger partial charge in [-0.05, 0) is 93.1 Å². The van der Waals surface area contributed by atoms with Crippen LogP contribution in [0.4, 0.5) is 0 Å². The molecule has 5 aromatic rings. The van der Waals surface area contributed by atoms with Gasteiger partial charge >= 0.3 is 11.9 Å². The molecule has 0 N–H and O–H groups in total. The molecule has 0 saturated carbocycles. The van der Waals surface area contributed by atoms with Gasteiger partial charge in [0, 0.05) is 64.5 Å². The third-order valence-corrected chi connectivity index (χ3v) is 7.21. The number of hydrogen-bond acceptors (Lipinski definition) is 7. The Morgan fingerprint density at radius 1 is 0.721 bits per heavy atom. The summed E-state index contributed by atoms with van der Waals surface area (Å²) < 4.78 is 7.20. The lowest BCUT2D eigenvalue weighted by Gasteiger charge is -2.10. The number of ketones is 2. The van der Waals surface area contributed by atoms with E-state index in [1.54, 1.807) is 42.5 Å². The highest BCUT2D eigenvalue weighted by Gasteiger charge is 2.22. The van der Waals surface area contributed by atoms with Crippen LogP contribution in [0, 0.1) is 13.8 Å². The molecule has 0 unspecified atom stereocenters. The van der Waals surface area contributed by atoms with Crippen LogP contribution in [0.5, 0.6) is 5.75 Å². The van der Waals surface area contributed by atoms with Gasteiger partial charge in [0.05, 0.1) is 0 Å². The van der Waals surface area contributed by atoms with Crippen LogP contribution in [0.25, 0.3) is 21.8 Å². The summed E-state index contributed by atoms with van der Waals surface area (Å²) >= 11 is 0. The lowest BCUT2D eigenvalue weighted by atomic mass is 9.95. The Hall–Kier alpha value is -5.37. The summed E-state index contributed by atoms with van der Waals surface area (Å²) in [6.45, 7) is 9.04. The Morgan fingerprint density at radius 2 is 1.33 bits per heavy atom. The number of carbonyl (C=O) groups excluding carboxylic acids is 4. The number of oxime groups is 1. The van der Waals surface area contributed by atoms with Gasteiger partial charge in [-0.25, -0.2) is 4.79 Å². The van der Waals surface area contributed by atoms with Crippen LogP contribution < -0.4 is 4.74 Å². The number of aromatic nitrogens is 1. The number of esters is 1. The fourth-order valence-corrected chi connectivity index (χ4v) is 5.18. The first-order chi connectivity index (χ1) is 20.6. The molecule has 0 radical (unpaired) electrons. The SMILES string of the molecule is CCn1c2ccc(C(=O)/C(=N\OC(C)=O)c3cc(C)ccc3C)cc2c2cc(C(=O)c3ccc(OC(C)=O)cc3)ccc21. The van der Waals surface area contributed by atoms with Gasteiger partial charge in [-0.2, -0.15) is 0 Å². The summed E-state index contributed by atoms with van der Waals surface area (Å²) in [5, 5.41) is 5.59. The van der Waals surface area contributed by atoms with Crippen molar-refractivity contribution in [2.75, 3.05) is 0 Å². The van der Waals surface area contributed by atoms with Gasteiger partial charge in [0.15, 0.2) is 11.5 Å². The first kappa shape index (κ1) is 29.1. The minimum absolute atomic E-state index is 0.0306. The molecule has 8 heteroatoms. The van der Waals surface area contributed by atoms with Crippen LogP contribution in [0.15, 0.2) is 84.0 Å². The van der Waals surface area contributed by atoms with Crippen molar-refractivity contribution in [2.24, 2.45) is 5.16 Å². The third-order valence-electron chi connectivity index (χ3n) is 7.21. The molecule has 4 aromatic carbocycles. The van der Waals surface area contributed by atoms with Crippen LogP contribution in [0.2, 0.25) is 0 Å². The van der Waals surface area contributed by atoms with E-state index in [0.29, 0.717) is 34.5 Å². The molecule has 8 nitrogen and oxygen atoms in total. The molecule has 5 rings (SSSR count). The fourth-order valence-electron chi connectivity index (χ4n) is 5.18. The molecule has 0 saturated heterocycles. The molecule has 0 aliphatic rings. The van der Waals surface area contributed by atoms with Crippen molar-refractivity contribution < 1.29 is 28.8 Å². The molecule has 216 valence electrons. The third kappa shape index (κ3) is 5.85. The molecule has 0 aliphatic heterocycles. The number of nitrogens with zero attached hydrogens (tertiary/aromatic N) is 2. The highest BCUT2D eigenvalue weighted by atomic mass is 16.7. The molecule has 43 heavy (non-hydrogen) atoms. The van der Waals surface area contributed by atoms with Crippen molar-refractivity contribution in [3.05, 3.63) is 112 Å². The van der Waals surface area contributed by atoms with Gasteiger partial charge < -0.3 is 14.1 Å². The zero-order chi connectivity index (χ0) is 30.8. The van der Waals surface area contributed by atoms with E-state index in [9.17, 15) is 19.2 Å². The smallest absolute Gasteiger partial charge is 0.332 e. The van der Waals surface area contributed by atoms with Gasteiger partial charge in [0.25, 0.3) is 0 Å². The largest absolute Gasteiger partial charge is 0.427 e. The Kier molecular flexibility index (Phi) is 8.03. The fraction of sp³-hybridized carbons (Fsp3) is 0.171. The van der Waals surface area contributed by atoms with E-state index in [1.807, 2.05) is 57.2 Å². The average Bonchev–Trinajstić information content (AvgIpc) is 3.30. The van der Waals surface area contributed by atoms with Gasteiger partial charge in [0.1, 0.15) is 5.75 Å². The van der Waals surface area contributed by atoms with Crippen LogP contribution in [-0.4, -0.2) is 33.8 Å². The van der Waals surface area contributed by atoms with Gasteiger partial charge in [-0.3, -0.25) is 14.4 Å². The van der Waals surface area contributed by atoms with E-state index < -0.39 is 17.7 Å². The van der Waals surface area contributed by atoms with Crippen molar-refractivity contribution in [2.45, 2.75) is 41.2 Å². The number of rotatable bonds is 8. The topological polar surface area (TPSA) is 104 Å². The molecule has 0 fully saturated rings. The standard InChI is InChI=1S/C35H30N2O6/c1-6-37-31-15-11-25(34(40)24-9-13-27(14-10-24)42-22(4)38)18-29(31)30-19-26(12-16-32(30)37)35(41)33(36-43-23(5)39)28-17-20(2)7-8-21(28)3/h7-19H,6H2,1-5H3/b36-33-. The molecule has 1 aromatic heterocycles. The quantitative estimate of drug-likeness (QED) is 0.0508. The predicted octanol–water partition coefficient (Wildman–Crippen LogP) is 6.74. The number of hydrogen-bond donors (Lipinski definition) is 0. The Balaban J connectivity index is 1.60. The van der Waals surface area contributed by atoms with Crippen molar-refractivity contribution in [3.8, 4) is 5.75 Å². The molecular weight excluding hydrogens is 544 g/mol. The second-order valence-electron chi connectivity index (χ2n) is 10.3. The number of aryl methyl sites for hydroxylation is 3. The van der Waals surface area contributed by atoms with Crippen LogP contribution in [0.1, 0.15) is 63.7 Å². The normalized spacial score (nSPS) is 11.5. The zero-order valence-corrected chi connectivity index (χ0v) is 24.6. The summed E-state index contributed by atoms with van der Waals surface area (Å²) in [6, 6.07) is 23.0. The summed E-state index contributed by atoms with van der Waals surface area (Å²) in [5.74, 6) is -1.29. The lowest BCUT2D eigenvalue weighted by Crippen LogP contribution is -2.18. The first-order valence-corrected chi connectivity index (χ1v) is 13.8. The van der Waals surface area contributed by atoms with Crippen LogP contribution in [-0.2, 0) is 21.0 Å². The number of carbonyl (C=O) groups is 4. The minimum Gasteiger partial charge on any atom is -0.427 e. The number of fused-ring (bicyclic) bond motifs is 3. The van der Waals surface area contributed by atoms with E-state index >= 15 is 0 Å². The average molecular weight is 575 g/mol. The summed E-state index contributed by atoms with van der Waals surface area (Å²) in [7, 11) is 0. The maximum atomic E-state index is 13.9. The van der Waals surface area contributed by atoms with Crippen LogP contribution in [0.3, 0.4) is 0 Å². The molecule has 1 heterocycles. The molecule has 0 spiro atoms. The van der Waals surface area contributed by atoms with E-state index in [0.717, 1.165) is 32.9 Å². The number of benzene rings is 4. The molecular formula is C35H30N2O6. The van der Waals surface area contributed by atoms with Crippen molar-refractivity contribution >= 4 is 51.0 Å². The minimum atomic E-state index is -0.629. The predicted molar refractivity (Wildman–Crippen MR) is 165 cm³/mol. The van der Waals surface area contributed by atoms with E-state index in [-0.39, 0.29) is 11.5 Å². The summed E-state index contributed by atoms with van der Waals surface area (Å²) in [6.07, 6.45) is 0. The number of Topliss-reactive ketones (excluding diaryl/α,β-unsaturated/α-hetero) is 1. The van der Waals surface area contributed by atoms with Crippen molar-refractivity contribution in [1.29, 1.82) is 0 Å². The summed E-state index contributed by atoms with van der Waals surface area (Å²) in [5.41, 5.74) is 5.49. The molecule has 0 bridgehead atoms. The van der Waals surface area contributed by atoms with E-state index in [2.05, 4.69) is 9.72 Å². The van der Waals surface area contributed by atoms with E-state index in [1.165, 1.54) is 13.8 Å². The lowest BCUT2D eigenvalue weighted by molar-refractivity contribution is -0.141. The molecule has 0 atom stereocenters. The van der Waals surface area contributed by atoms with E-state index in [4.69, 9.17) is 9.57 Å². The van der Waals surface area contributed by atoms with Gasteiger partial charge in [0.2, 0.25) is 5.78 Å². The highest BCUT2D eigenvalue weighted by molar-refractivity contribution is 6.51. The van der Waals surface area contributed by atoms with Crippen molar-refractivity contribution in [1.82, 2.24) is 4.57 Å². The highest BCUT2D eigenvalue weighted by Crippen LogP contribution is 2.32. The maximum Gasteiger partial charge on any atom is 0.332 e. The monoisotopic (exact) mass is 574 g/mol. The van der Waals surface area contributed by atoms with Crippen LogP contribution >= 0.6 is 0 Å². The van der Waals surface area contributed by atoms with Crippen molar-refractivity contribution in [3.63, 3.8) is 0 Å². The Bertz CT molecular complexity index is 1960. The first-order valence-electron chi connectivity index (χ1n) is 13.8. The zero-order valence-electron chi connectivity index (χ0n) is 24.6. The Morgan fingerprint density at radius 3 is 1.93 bits per heavy atom.